The quantitative estimate of drug-likeness (QED) is 0.498. The molecular weight excluding hydrogens is 531 g/mol. The molecule has 1 aliphatic carbocycles. The molecule has 0 bridgehead atoms. The topological polar surface area (TPSA) is 103 Å². The zero-order valence-corrected chi connectivity index (χ0v) is 23.4. The summed E-state index contributed by atoms with van der Waals surface area (Å²) in [6, 6.07) is 1.60. The van der Waals surface area contributed by atoms with E-state index in [4.69, 9.17) is 0 Å². The highest BCUT2D eigenvalue weighted by Gasteiger charge is 2.46. The van der Waals surface area contributed by atoms with Crippen molar-refractivity contribution in [1.82, 2.24) is 24.6 Å². The Balaban J connectivity index is 1.16. The van der Waals surface area contributed by atoms with Gasteiger partial charge in [0.2, 0.25) is 16.0 Å². The molecule has 2 N–H and O–H groups in total. The molecule has 0 radical (unpaired) electrons. The van der Waals surface area contributed by atoms with Gasteiger partial charge in [-0.2, -0.15) is 23.1 Å². The van der Waals surface area contributed by atoms with Gasteiger partial charge in [-0.05, 0) is 76.1 Å². The van der Waals surface area contributed by atoms with Crippen LogP contribution >= 0.6 is 0 Å². The van der Waals surface area contributed by atoms with Gasteiger partial charge in [-0.1, -0.05) is 0 Å². The van der Waals surface area contributed by atoms with Crippen molar-refractivity contribution < 1.29 is 21.6 Å². The second kappa shape index (κ2) is 11.0. The third-order valence-electron chi connectivity index (χ3n) is 8.57. The number of hydrogen-bond acceptors (Lipinski definition) is 8. The fourth-order valence-corrected chi connectivity index (χ4v) is 7.24. The first-order valence-corrected chi connectivity index (χ1v) is 15.5. The van der Waals surface area contributed by atoms with E-state index in [-0.39, 0.29) is 22.8 Å². The van der Waals surface area contributed by atoms with Gasteiger partial charge in [0.1, 0.15) is 5.82 Å². The molecule has 0 unspecified atom stereocenters. The zero-order chi connectivity index (χ0) is 27.8. The van der Waals surface area contributed by atoms with Crippen LogP contribution in [0.2, 0.25) is 0 Å². The minimum Gasteiger partial charge on any atom is -0.357 e. The van der Waals surface area contributed by atoms with Crippen LogP contribution in [0.4, 0.5) is 24.9 Å². The molecular formula is C26H38F3N7O2S. The SMILES string of the molecule is CCS(=O)(=O)NC1CCC(CN2CCC3(CC2)CN(c2nc(NC)nc4ncc(CC(F)(F)F)cc24)C3)CC1. The Morgan fingerprint density at radius 1 is 1.10 bits per heavy atom. The van der Waals surface area contributed by atoms with Gasteiger partial charge in [0.25, 0.3) is 0 Å². The van der Waals surface area contributed by atoms with Crippen LogP contribution in [-0.4, -0.2) is 86.0 Å². The first kappa shape index (κ1) is 28.3. The lowest BCUT2D eigenvalue weighted by Crippen LogP contribution is -2.61. The third-order valence-corrected chi connectivity index (χ3v) is 10.0. The molecule has 4 heterocycles. The van der Waals surface area contributed by atoms with Crippen molar-refractivity contribution in [3.63, 3.8) is 0 Å². The third kappa shape index (κ3) is 6.74. The van der Waals surface area contributed by atoms with Crippen LogP contribution in [0.1, 0.15) is 51.0 Å². The van der Waals surface area contributed by atoms with Crippen LogP contribution in [0.25, 0.3) is 11.0 Å². The maximum absolute atomic E-state index is 13.0. The molecule has 1 saturated carbocycles. The summed E-state index contributed by atoms with van der Waals surface area (Å²) >= 11 is 0. The van der Waals surface area contributed by atoms with E-state index in [1.54, 1.807) is 14.0 Å². The smallest absolute Gasteiger partial charge is 0.357 e. The molecule has 2 saturated heterocycles. The number of piperidine rings is 1. The minimum atomic E-state index is -4.30. The summed E-state index contributed by atoms with van der Waals surface area (Å²) in [4.78, 5) is 17.9. The van der Waals surface area contributed by atoms with Crippen LogP contribution < -0.4 is 14.9 Å². The largest absolute Gasteiger partial charge is 0.393 e. The molecule has 3 aliphatic rings. The number of aromatic nitrogens is 3. The van der Waals surface area contributed by atoms with Crippen LogP contribution in [0.5, 0.6) is 0 Å². The molecule has 3 fully saturated rings. The second-order valence-corrected chi connectivity index (χ2v) is 13.6. The lowest BCUT2D eigenvalue weighted by atomic mass is 9.71. The summed E-state index contributed by atoms with van der Waals surface area (Å²) in [7, 11) is -1.43. The number of pyridine rings is 1. The van der Waals surface area contributed by atoms with E-state index in [1.165, 1.54) is 12.3 Å². The monoisotopic (exact) mass is 569 g/mol. The predicted octanol–water partition coefficient (Wildman–Crippen LogP) is 3.57. The number of hydrogen-bond donors (Lipinski definition) is 2. The zero-order valence-electron chi connectivity index (χ0n) is 22.6. The summed E-state index contributed by atoms with van der Waals surface area (Å²) < 4.78 is 65.5. The number of anilines is 2. The highest BCUT2D eigenvalue weighted by atomic mass is 32.2. The van der Waals surface area contributed by atoms with E-state index >= 15 is 0 Å². The summed E-state index contributed by atoms with van der Waals surface area (Å²) in [5.74, 6) is 1.77. The normalized spacial score (nSPS) is 24.2. The number of alkyl halides is 3. The summed E-state index contributed by atoms with van der Waals surface area (Å²) in [6.07, 6.45) is 1.96. The molecule has 0 aromatic carbocycles. The number of sulfonamides is 1. The second-order valence-electron chi connectivity index (χ2n) is 11.5. The predicted molar refractivity (Wildman–Crippen MR) is 145 cm³/mol. The molecule has 39 heavy (non-hydrogen) atoms. The fourth-order valence-electron chi connectivity index (χ4n) is 6.33. The van der Waals surface area contributed by atoms with Crippen molar-refractivity contribution in [2.24, 2.45) is 11.3 Å². The Kier molecular flexibility index (Phi) is 7.95. The van der Waals surface area contributed by atoms with Crippen LogP contribution in [-0.2, 0) is 16.4 Å². The average molecular weight is 570 g/mol. The van der Waals surface area contributed by atoms with Crippen LogP contribution in [0.15, 0.2) is 12.3 Å². The fraction of sp³-hybridized carbons (Fsp3) is 0.731. The van der Waals surface area contributed by atoms with E-state index in [0.29, 0.717) is 28.7 Å². The molecule has 2 aromatic heterocycles. The Labute approximate surface area is 228 Å². The lowest BCUT2D eigenvalue weighted by Gasteiger charge is -2.55. The number of halogens is 3. The van der Waals surface area contributed by atoms with Crippen molar-refractivity contribution in [3.8, 4) is 0 Å². The van der Waals surface area contributed by atoms with E-state index in [1.807, 2.05) is 0 Å². The molecule has 2 aliphatic heterocycles. The van der Waals surface area contributed by atoms with E-state index in [0.717, 1.165) is 71.2 Å². The standard InChI is InChI=1S/C26H38F3N7O2S/c1-3-39(37,38)34-20-6-4-18(5-7-20)15-35-10-8-25(9-11-35)16-36(17-25)23-21-12-19(13-26(27,28)29)14-31-22(21)32-24(30-2)33-23/h12,14,18,20,34H,3-11,13,15-17H2,1-2H3,(H,30,31,32,33). The molecule has 9 nitrogen and oxygen atoms in total. The number of likely N-dealkylation sites (tertiary alicyclic amines) is 1. The van der Waals surface area contributed by atoms with Crippen molar-refractivity contribution in [3.05, 3.63) is 17.8 Å². The molecule has 13 heteroatoms. The van der Waals surface area contributed by atoms with Gasteiger partial charge in [0, 0.05) is 44.3 Å². The number of fused-ring (bicyclic) bond motifs is 1. The van der Waals surface area contributed by atoms with Gasteiger partial charge in [0.05, 0.1) is 17.6 Å². The Morgan fingerprint density at radius 3 is 2.41 bits per heavy atom. The summed E-state index contributed by atoms with van der Waals surface area (Å²) in [5, 5.41) is 3.49. The number of nitrogens with one attached hydrogen (secondary N) is 2. The first-order valence-electron chi connectivity index (χ1n) is 13.8. The van der Waals surface area contributed by atoms with Crippen molar-refractivity contribution in [2.45, 2.75) is 64.1 Å². The van der Waals surface area contributed by atoms with E-state index in [9.17, 15) is 21.6 Å². The van der Waals surface area contributed by atoms with E-state index < -0.39 is 22.6 Å². The first-order chi connectivity index (χ1) is 18.5. The Bertz CT molecular complexity index is 1270. The highest BCUT2D eigenvalue weighted by molar-refractivity contribution is 7.89. The molecule has 2 aromatic rings. The molecule has 0 amide bonds. The lowest BCUT2D eigenvalue weighted by molar-refractivity contribution is -0.127. The van der Waals surface area contributed by atoms with Crippen molar-refractivity contribution >= 4 is 32.8 Å². The molecule has 216 valence electrons. The number of nitrogens with zero attached hydrogens (tertiary/aromatic N) is 5. The van der Waals surface area contributed by atoms with Gasteiger partial charge in [0.15, 0.2) is 5.65 Å². The number of rotatable bonds is 8. The Morgan fingerprint density at radius 2 is 1.79 bits per heavy atom. The van der Waals surface area contributed by atoms with Gasteiger partial charge < -0.3 is 15.1 Å². The summed E-state index contributed by atoms with van der Waals surface area (Å²) in [6.45, 7) is 6.42. The van der Waals surface area contributed by atoms with Gasteiger partial charge in [-0.3, -0.25) is 0 Å². The van der Waals surface area contributed by atoms with Crippen molar-refractivity contribution in [2.75, 3.05) is 55.7 Å². The molecule has 0 atom stereocenters. The summed E-state index contributed by atoms with van der Waals surface area (Å²) in [5.41, 5.74) is 0.696. The van der Waals surface area contributed by atoms with Crippen molar-refractivity contribution in [1.29, 1.82) is 0 Å². The van der Waals surface area contributed by atoms with Gasteiger partial charge >= 0.3 is 6.18 Å². The maximum atomic E-state index is 13.0. The van der Waals surface area contributed by atoms with E-state index in [2.05, 4.69) is 34.8 Å². The average Bonchev–Trinajstić information content (AvgIpc) is 2.87. The molecule has 5 rings (SSSR count). The molecule has 1 spiro atoms. The highest BCUT2D eigenvalue weighted by Crippen LogP contribution is 2.44. The van der Waals surface area contributed by atoms with Crippen LogP contribution in [0.3, 0.4) is 0 Å². The Hall–Kier alpha value is -2.25. The van der Waals surface area contributed by atoms with Gasteiger partial charge in [-0.25, -0.2) is 18.1 Å². The minimum absolute atomic E-state index is 0.0674. The maximum Gasteiger partial charge on any atom is 0.393 e. The van der Waals surface area contributed by atoms with Gasteiger partial charge in [-0.15, -0.1) is 0 Å². The van der Waals surface area contributed by atoms with Crippen LogP contribution in [0, 0.1) is 11.3 Å².